The first kappa shape index (κ1) is 12.2. The Bertz CT molecular complexity index is 271. The van der Waals surface area contributed by atoms with Crippen LogP contribution in [0, 0.1) is 0 Å². The van der Waals surface area contributed by atoms with Crippen molar-refractivity contribution in [2.45, 2.75) is 45.9 Å². The first-order chi connectivity index (χ1) is 7.22. The minimum absolute atomic E-state index is 0.186. The lowest BCUT2D eigenvalue weighted by atomic mass is 10.2. The lowest BCUT2D eigenvalue weighted by Gasteiger charge is -2.04. The van der Waals surface area contributed by atoms with E-state index in [1.165, 1.54) is 5.56 Å². The molecule has 1 rings (SSSR count). The highest BCUT2D eigenvalue weighted by Crippen LogP contribution is 1.98. The standard InChI is InChI=1S/C11H21N3O/c1-3-14-9-11(8-13-14)7-12-6-4-5-10(2)15/h8-10,12,15H,3-7H2,1-2H3. The highest BCUT2D eigenvalue weighted by atomic mass is 16.3. The van der Waals surface area contributed by atoms with Crippen molar-refractivity contribution in [2.75, 3.05) is 6.54 Å². The molecule has 0 aromatic carbocycles. The Labute approximate surface area is 91.3 Å². The molecule has 0 spiro atoms. The van der Waals surface area contributed by atoms with Gasteiger partial charge in [0.25, 0.3) is 0 Å². The first-order valence-corrected chi connectivity index (χ1v) is 5.62. The molecular weight excluding hydrogens is 190 g/mol. The second-order valence-electron chi connectivity index (χ2n) is 3.87. The van der Waals surface area contributed by atoms with Crippen molar-refractivity contribution in [3.63, 3.8) is 0 Å². The molecule has 0 aliphatic rings. The summed E-state index contributed by atoms with van der Waals surface area (Å²) in [4.78, 5) is 0. The topological polar surface area (TPSA) is 50.1 Å². The van der Waals surface area contributed by atoms with E-state index < -0.39 is 0 Å². The van der Waals surface area contributed by atoms with Gasteiger partial charge in [-0.15, -0.1) is 0 Å². The minimum atomic E-state index is -0.186. The molecule has 1 aromatic heterocycles. The van der Waals surface area contributed by atoms with Crippen LogP contribution in [0.1, 0.15) is 32.3 Å². The normalized spacial score (nSPS) is 13.0. The van der Waals surface area contributed by atoms with E-state index in [9.17, 15) is 0 Å². The molecule has 1 unspecified atom stereocenters. The molecule has 0 aliphatic carbocycles. The van der Waals surface area contributed by atoms with Gasteiger partial charge >= 0.3 is 0 Å². The monoisotopic (exact) mass is 211 g/mol. The van der Waals surface area contributed by atoms with Crippen molar-refractivity contribution in [1.29, 1.82) is 0 Å². The second-order valence-corrected chi connectivity index (χ2v) is 3.87. The van der Waals surface area contributed by atoms with Crippen LogP contribution in [0.5, 0.6) is 0 Å². The average molecular weight is 211 g/mol. The summed E-state index contributed by atoms with van der Waals surface area (Å²) >= 11 is 0. The quantitative estimate of drug-likeness (QED) is 0.665. The average Bonchev–Trinajstić information content (AvgIpc) is 2.65. The molecule has 4 nitrogen and oxygen atoms in total. The van der Waals surface area contributed by atoms with Crippen molar-refractivity contribution in [3.8, 4) is 0 Å². The van der Waals surface area contributed by atoms with Gasteiger partial charge in [0, 0.05) is 24.8 Å². The fraction of sp³-hybridized carbons (Fsp3) is 0.727. The molecule has 2 N–H and O–H groups in total. The van der Waals surface area contributed by atoms with Crippen LogP contribution >= 0.6 is 0 Å². The number of aromatic nitrogens is 2. The zero-order valence-corrected chi connectivity index (χ0v) is 9.61. The second kappa shape index (κ2) is 6.58. The van der Waals surface area contributed by atoms with Gasteiger partial charge in [0.05, 0.1) is 12.3 Å². The van der Waals surface area contributed by atoms with Crippen molar-refractivity contribution in [1.82, 2.24) is 15.1 Å². The van der Waals surface area contributed by atoms with E-state index in [2.05, 4.69) is 23.5 Å². The molecule has 1 aromatic rings. The third kappa shape index (κ3) is 4.95. The van der Waals surface area contributed by atoms with Gasteiger partial charge in [0.2, 0.25) is 0 Å². The number of hydrogen-bond acceptors (Lipinski definition) is 3. The van der Waals surface area contributed by atoms with E-state index in [1.54, 1.807) is 0 Å². The van der Waals surface area contributed by atoms with Crippen LogP contribution in [0.2, 0.25) is 0 Å². The number of aliphatic hydroxyl groups excluding tert-OH is 1. The van der Waals surface area contributed by atoms with Gasteiger partial charge in [-0.1, -0.05) is 0 Å². The van der Waals surface area contributed by atoms with Gasteiger partial charge in [-0.2, -0.15) is 5.10 Å². The van der Waals surface area contributed by atoms with Gasteiger partial charge in [0.15, 0.2) is 0 Å². The summed E-state index contributed by atoms with van der Waals surface area (Å²) in [7, 11) is 0. The summed E-state index contributed by atoms with van der Waals surface area (Å²) in [5.74, 6) is 0. The highest BCUT2D eigenvalue weighted by molar-refractivity contribution is 5.02. The molecule has 1 atom stereocenters. The Morgan fingerprint density at radius 1 is 1.60 bits per heavy atom. The molecule has 0 amide bonds. The van der Waals surface area contributed by atoms with E-state index in [0.29, 0.717) is 0 Å². The maximum atomic E-state index is 9.06. The molecule has 15 heavy (non-hydrogen) atoms. The molecule has 0 fully saturated rings. The summed E-state index contributed by atoms with van der Waals surface area (Å²) in [6.45, 7) is 6.63. The molecule has 0 radical (unpaired) electrons. The van der Waals surface area contributed by atoms with Gasteiger partial charge in [-0.25, -0.2) is 0 Å². The largest absolute Gasteiger partial charge is 0.393 e. The summed E-state index contributed by atoms with van der Waals surface area (Å²) in [6, 6.07) is 0. The molecule has 0 saturated heterocycles. The Morgan fingerprint density at radius 2 is 2.40 bits per heavy atom. The minimum Gasteiger partial charge on any atom is -0.393 e. The fourth-order valence-corrected chi connectivity index (χ4v) is 1.43. The number of rotatable bonds is 7. The zero-order chi connectivity index (χ0) is 11.1. The van der Waals surface area contributed by atoms with Crippen LogP contribution in [0.3, 0.4) is 0 Å². The molecule has 0 saturated carbocycles. The predicted octanol–water partition coefficient (Wildman–Crippen LogP) is 1.15. The third-order valence-corrected chi connectivity index (χ3v) is 2.32. The van der Waals surface area contributed by atoms with Crippen LogP contribution in [0.4, 0.5) is 0 Å². The van der Waals surface area contributed by atoms with E-state index in [4.69, 9.17) is 5.11 Å². The number of aliphatic hydroxyl groups is 1. The summed E-state index contributed by atoms with van der Waals surface area (Å²) in [5, 5.41) is 16.6. The Hall–Kier alpha value is -0.870. The molecule has 0 bridgehead atoms. The molecule has 0 aliphatic heterocycles. The van der Waals surface area contributed by atoms with Crippen LogP contribution in [0.25, 0.3) is 0 Å². The predicted molar refractivity (Wildman–Crippen MR) is 60.5 cm³/mol. The lowest BCUT2D eigenvalue weighted by molar-refractivity contribution is 0.181. The number of nitrogens with zero attached hydrogens (tertiary/aromatic N) is 2. The van der Waals surface area contributed by atoms with Crippen LogP contribution < -0.4 is 5.32 Å². The van der Waals surface area contributed by atoms with Crippen molar-refractivity contribution in [2.24, 2.45) is 0 Å². The molecule has 86 valence electrons. The fourth-order valence-electron chi connectivity index (χ4n) is 1.43. The van der Waals surface area contributed by atoms with Gasteiger partial charge in [-0.05, 0) is 33.2 Å². The highest BCUT2D eigenvalue weighted by Gasteiger charge is 1.97. The SMILES string of the molecule is CCn1cc(CNCCCC(C)O)cn1. The maximum Gasteiger partial charge on any atom is 0.0534 e. The van der Waals surface area contributed by atoms with E-state index >= 15 is 0 Å². The van der Waals surface area contributed by atoms with Crippen molar-refractivity contribution >= 4 is 0 Å². The van der Waals surface area contributed by atoms with Crippen LogP contribution in [0.15, 0.2) is 12.4 Å². The Balaban J connectivity index is 2.09. The Morgan fingerprint density at radius 3 is 3.00 bits per heavy atom. The van der Waals surface area contributed by atoms with Crippen molar-refractivity contribution in [3.05, 3.63) is 18.0 Å². The number of nitrogens with one attached hydrogen (secondary N) is 1. The van der Waals surface area contributed by atoms with Gasteiger partial charge in [0.1, 0.15) is 0 Å². The first-order valence-electron chi connectivity index (χ1n) is 5.62. The lowest BCUT2D eigenvalue weighted by Crippen LogP contribution is -2.15. The van der Waals surface area contributed by atoms with Crippen LogP contribution in [-0.2, 0) is 13.1 Å². The summed E-state index contributed by atoms with van der Waals surface area (Å²) in [6.07, 6.45) is 5.64. The molecule has 1 heterocycles. The number of hydrogen-bond donors (Lipinski definition) is 2. The van der Waals surface area contributed by atoms with E-state index in [-0.39, 0.29) is 6.10 Å². The number of aryl methyl sites for hydroxylation is 1. The Kier molecular flexibility index (Phi) is 5.36. The van der Waals surface area contributed by atoms with Gasteiger partial charge < -0.3 is 10.4 Å². The summed E-state index contributed by atoms with van der Waals surface area (Å²) < 4.78 is 1.92. The maximum absolute atomic E-state index is 9.06. The third-order valence-electron chi connectivity index (χ3n) is 2.32. The van der Waals surface area contributed by atoms with Crippen LogP contribution in [-0.4, -0.2) is 27.5 Å². The van der Waals surface area contributed by atoms with Gasteiger partial charge in [-0.3, -0.25) is 4.68 Å². The summed E-state index contributed by atoms with van der Waals surface area (Å²) in [5.41, 5.74) is 1.22. The molecular formula is C11H21N3O. The van der Waals surface area contributed by atoms with E-state index in [0.717, 1.165) is 32.5 Å². The zero-order valence-electron chi connectivity index (χ0n) is 9.61. The smallest absolute Gasteiger partial charge is 0.0534 e. The van der Waals surface area contributed by atoms with E-state index in [1.807, 2.05) is 17.8 Å². The molecule has 4 heteroatoms. The van der Waals surface area contributed by atoms with Crippen molar-refractivity contribution < 1.29 is 5.11 Å².